The number of pyridine rings is 1. The highest BCUT2D eigenvalue weighted by atomic mass is 32.2. The third-order valence-electron chi connectivity index (χ3n) is 14.8. The van der Waals surface area contributed by atoms with Crippen molar-refractivity contribution in [1.82, 2.24) is 40.2 Å². The van der Waals surface area contributed by atoms with Crippen LogP contribution in [-0.4, -0.2) is 121 Å². The summed E-state index contributed by atoms with van der Waals surface area (Å²) in [6, 6.07) is 13.1. The number of ether oxygens (including phenoxy) is 2. The summed E-state index contributed by atoms with van der Waals surface area (Å²) in [7, 11) is 1.92. The Balaban J connectivity index is 0.854. The van der Waals surface area contributed by atoms with Gasteiger partial charge in [0.25, 0.3) is 17.7 Å². The minimum Gasteiger partial charge on any atom is -0.445 e. The van der Waals surface area contributed by atoms with E-state index in [-0.39, 0.29) is 61.1 Å². The van der Waals surface area contributed by atoms with E-state index in [1.54, 1.807) is 72.9 Å². The van der Waals surface area contributed by atoms with E-state index < -0.39 is 35.5 Å². The summed E-state index contributed by atoms with van der Waals surface area (Å²) in [4.78, 5) is 102. The second-order valence-electron chi connectivity index (χ2n) is 20.8. The van der Waals surface area contributed by atoms with Crippen molar-refractivity contribution < 1.29 is 43.0 Å². The predicted octanol–water partition coefficient (Wildman–Crippen LogP) is 6.19. The molecule has 8 rings (SSSR count). The normalized spacial score (nSPS) is 16.9. The van der Waals surface area contributed by atoms with Gasteiger partial charge in [-0.3, -0.25) is 43.5 Å². The molecule has 5 heterocycles. The van der Waals surface area contributed by atoms with Gasteiger partial charge < -0.3 is 35.3 Å². The van der Waals surface area contributed by atoms with Gasteiger partial charge in [0, 0.05) is 78.8 Å². The molecule has 0 radical (unpaired) electrons. The smallest absolute Gasteiger partial charge is 0.410 e. The van der Waals surface area contributed by atoms with Crippen LogP contribution in [0.5, 0.6) is 0 Å². The Kier molecular flexibility index (Phi) is 17.3. The number of hydrogen-bond acceptors (Lipinski definition) is 14. The highest BCUT2D eigenvalue weighted by molar-refractivity contribution is 7.98. The molecule has 0 spiro atoms. The third-order valence-corrected chi connectivity index (χ3v) is 15.6. The van der Waals surface area contributed by atoms with Crippen molar-refractivity contribution in [2.45, 2.75) is 134 Å². The zero-order valence-corrected chi connectivity index (χ0v) is 45.2. The molecule has 21 heteroatoms. The largest absolute Gasteiger partial charge is 0.445 e. The van der Waals surface area contributed by atoms with Crippen molar-refractivity contribution in [3.8, 4) is 0 Å². The second-order valence-corrected chi connectivity index (χ2v) is 21.7. The Hall–Kier alpha value is -7.13. The van der Waals surface area contributed by atoms with E-state index >= 15 is 0 Å². The molecular formula is C55H69N11O9S. The molecule has 2 atom stereocenters. The molecule has 2 fully saturated rings. The number of benzene rings is 2. The van der Waals surface area contributed by atoms with Gasteiger partial charge >= 0.3 is 6.09 Å². The van der Waals surface area contributed by atoms with Crippen LogP contribution in [0.2, 0.25) is 0 Å². The molecule has 2 aromatic heterocycles. The number of carbonyl (C=O) groups is 7. The van der Waals surface area contributed by atoms with Crippen LogP contribution < -0.4 is 26.2 Å². The van der Waals surface area contributed by atoms with Crippen LogP contribution in [0.25, 0.3) is 0 Å². The topological polar surface area (TPSA) is 239 Å². The quantitative estimate of drug-likeness (QED) is 0.0348. The lowest BCUT2D eigenvalue weighted by molar-refractivity contribution is -0.137. The number of aromatic nitrogens is 4. The van der Waals surface area contributed by atoms with E-state index in [2.05, 4.69) is 44.5 Å². The molecule has 20 nitrogen and oxygen atoms in total. The molecule has 1 aliphatic carbocycles. The number of thioether (sulfide) groups is 1. The standard InChI is InChI=1S/C55H69N11O9S/c1-8-56-43-25-38(55(31-74-32-55)27-45-62-57-33-63(45)6)26-44(60-43)65-29-41-40(52(65)72)23-37(24-42(41)76-7)28-66(54(5)20-12-21-54)53(73)75-30-36-14-16-39(17-15-36)59-50(70)35(4)58-51(71)49(34(2)3)61-46(67)13-10-9-11-22-64-47(68)18-19-48(64)69/h14-19,23-26,33-35,49H,8-13,20-22,27-32H2,1-7H3,(H,56,60)(H,58,71)(H,59,70)(H,61,67)/t35-,49-/m0/s1. The number of nitrogens with one attached hydrogen (secondary N) is 4. The number of imide groups is 1. The molecule has 1 saturated carbocycles. The van der Waals surface area contributed by atoms with Crippen LogP contribution in [0.3, 0.4) is 0 Å². The summed E-state index contributed by atoms with van der Waals surface area (Å²) >= 11 is 1.56. The Labute approximate surface area is 447 Å². The number of carbonyl (C=O) groups excluding carboxylic acids is 7. The number of unbranched alkanes of at least 4 members (excludes halogenated alkanes) is 2. The number of nitrogens with zero attached hydrogens (tertiary/aromatic N) is 7. The fourth-order valence-corrected chi connectivity index (χ4v) is 10.6. The number of rotatable bonds is 24. The molecule has 0 unspecified atom stereocenters. The van der Waals surface area contributed by atoms with E-state index in [0.717, 1.165) is 46.7 Å². The maximum Gasteiger partial charge on any atom is 0.410 e. The molecule has 0 bridgehead atoms. The van der Waals surface area contributed by atoms with Gasteiger partial charge in [-0.2, -0.15) is 0 Å². The molecule has 3 aliphatic heterocycles. The summed E-state index contributed by atoms with van der Waals surface area (Å²) in [5, 5.41) is 20.1. The first kappa shape index (κ1) is 55.1. The average molecular weight is 1060 g/mol. The Morgan fingerprint density at radius 1 is 0.921 bits per heavy atom. The average Bonchev–Trinajstić information content (AvgIpc) is 4.05. The first-order valence-corrected chi connectivity index (χ1v) is 27.3. The molecule has 4 aliphatic rings. The van der Waals surface area contributed by atoms with Crippen molar-refractivity contribution >= 4 is 70.6 Å². The minimum atomic E-state index is -0.933. The van der Waals surface area contributed by atoms with Gasteiger partial charge in [0.15, 0.2) is 0 Å². The van der Waals surface area contributed by atoms with Crippen LogP contribution >= 0.6 is 11.8 Å². The Morgan fingerprint density at radius 2 is 1.66 bits per heavy atom. The summed E-state index contributed by atoms with van der Waals surface area (Å²) < 4.78 is 13.7. The first-order valence-electron chi connectivity index (χ1n) is 26.1. The van der Waals surface area contributed by atoms with Crippen molar-refractivity contribution in [2.24, 2.45) is 13.0 Å². The second kappa shape index (κ2) is 23.8. The van der Waals surface area contributed by atoms with Gasteiger partial charge in [0.05, 0.1) is 19.8 Å². The number of fused-ring (bicyclic) bond motifs is 1. The molecular weight excluding hydrogens is 991 g/mol. The predicted molar refractivity (Wildman–Crippen MR) is 286 cm³/mol. The lowest BCUT2D eigenvalue weighted by Gasteiger charge is -2.47. The highest BCUT2D eigenvalue weighted by Crippen LogP contribution is 2.42. The fraction of sp³-hybridized carbons (Fsp3) is 0.491. The molecule has 4 N–H and O–H groups in total. The third kappa shape index (κ3) is 12.4. The molecule has 1 saturated heterocycles. The van der Waals surface area contributed by atoms with Gasteiger partial charge in [-0.25, -0.2) is 9.78 Å². The molecule has 76 heavy (non-hydrogen) atoms. The molecule has 4 aromatic rings. The number of aryl methyl sites for hydroxylation is 1. The first-order chi connectivity index (χ1) is 36.4. The van der Waals surface area contributed by atoms with Crippen LogP contribution in [0.1, 0.15) is 118 Å². The Morgan fingerprint density at radius 3 is 2.28 bits per heavy atom. The van der Waals surface area contributed by atoms with Gasteiger partial charge in [0.1, 0.15) is 42.5 Å². The molecule has 404 valence electrons. The highest BCUT2D eigenvalue weighted by Gasteiger charge is 2.44. The summed E-state index contributed by atoms with van der Waals surface area (Å²) in [5.74, 6) is -0.317. The van der Waals surface area contributed by atoms with Crippen LogP contribution in [0.15, 0.2) is 71.9 Å². The Bertz CT molecular complexity index is 2860. The number of amides is 7. The lowest BCUT2D eigenvalue weighted by Crippen LogP contribution is -2.53. The maximum atomic E-state index is 14.5. The van der Waals surface area contributed by atoms with E-state index in [9.17, 15) is 33.6 Å². The van der Waals surface area contributed by atoms with Gasteiger partial charge in [0.2, 0.25) is 17.7 Å². The number of anilines is 3. The SMILES string of the molecule is CCNc1cc(C2(Cc3nncn3C)COC2)cc(N2Cc3c(SC)cc(CN(C(=O)OCc4ccc(NC(=O)[C@H](C)NC(=O)[C@@H](NC(=O)CCCCCN5C(=O)C=CC5=O)C(C)C)cc4)C4(C)CCC4)cc3C2=O)n1. The molecule has 7 amide bonds. The monoisotopic (exact) mass is 1060 g/mol. The van der Waals surface area contributed by atoms with Crippen molar-refractivity contribution in [2.75, 3.05) is 48.1 Å². The zero-order chi connectivity index (χ0) is 54.3. The minimum absolute atomic E-state index is 0.0205. The van der Waals surface area contributed by atoms with Crippen LogP contribution in [-0.2, 0) is 72.0 Å². The van der Waals surface area contributed by atoms with Gasteiger partial charge in [-0.05, 0) is 124 Å². The zero-order valence-electron chi connectivity index (χ0n) is 44.4. The van der Waals surface area contributed by atoms with Gasteiger partial charge in [-0.15, -0.1) is 22.0 Å². The van der Waals surface area contributed by atoms with E-state index in [0.29, 0.717) is 80.4 Å². The fourth-order valence-electron chi connectivity index (χ4n) is 9.92. The van der Waals surface area contributed by atoms with E-state index in [1.165, 1.54) is 17.1 Å². The van der Waals surface area contributed by atoms with Crippen molar-refractivity contribution in [3.05, 3.63) is 101 Å². The maximum absolute atomic E-state index is 14.5. The summed E-state index contributed by atoms with van der Waals surface area (Å²) in [6.45, 7) is 11.7. The van der Waals surface area contributed by atoms with Crippen LogP contribution in [0, 0.1) is 5.92 Å². The van der Waals surface area contributed by atoms with Crippen LogP contribution in [0.4, 0.5) is 22.1 Å². The van der Waals surface area contributed by atoms with Crippen molar-refractivity contribution in [3.63, 3.8) is 0 Å². The lowest BCUT2D eigenvalue weighted by atomic mass is 9.75. The number of hydrogen-bond donors (Lipinski definition) is 4. The van der Waals surface area contributed by atoms with E-state index in [1.807, 2.05) is 43.0 Å². The van der Waals surface area contributed by atoms with Gasteiger partial charge in [-0.1, -0.05) is 32.4 Å². The summed E-state index contributed by atoms with van der Waals surface area (Å²) in [6.07, 6.45) is 10.7. The van der Waals surface area contributed by atoms with Crippen molar-refractivity contribution in [1.29, 1.82) is 0 Å². The summed E-state index contributed by atoms with van der Waals surface area (Å²) in [5.41, 5.74) is 3.68. The molecule has 2 aromatic carbocycles. The van der Waals surface area contributed by atoms with E-state index in [4.69, 9.17) is 14.5 Å².